The van der Waals surface area contributed by atoms with Gasteiger partial charge in [0.25, 0.3) is 5.91 Å². The second-order valence-electron chi connectivity index (χ2n) is 4.47. The Morgan fingerprint density at radius 3 is 2.83 bits per heavy atom. The maximum atomic E-state index is 12.2. The van der Waals surface area contributed by atoms with Crippen LogP contribution in [0, 0.1) is 0 Å². The molecule has 1 aliphatic heterocycles. The summed E-state index contributed by atoms with van der Waals surface area (Å²) in [5.41, 5.74) is 2.15. The molecule has 1 atom stereocenters. The first-order valence-corrected chi connectivity index (χ1v) is 6.18. The fourth-order valence-electron chi connectivity index (χ4n) is 2.25. The molecule has 1 unspecified atom stereocenters. The summed E-state index contributed by atoms with van der Waals surface area (Å²) in [6.07, 6.45) is 1.55. The summed E-state index contributed by atoms with van der Waals surface area (Å²) in [6.45, 7) is 2.53. The van der Waals surface area contributed by atoms with Crippen molar-refractivity contribution in [2.45, 2.75) is 25.9 Å². The van der Waals surface area contributed by atoms with Crippen molar-refractivity contribution in [2.24, 2.45) is 0 Å². The Morgan fingerprint density at radius 1 is 1.39 bits per heavy atom. The van der Waals surface area contributed by atoms with Gasteiger partial charge in [-0.3, -0.25) is 4.79 Å². The van der Waals surface area contributed by atoms with Gasteiger partial charge in [0.15, 0.2) is 0 Å². The number of ether oxygens (including phenoxy) is 2. The van der Waals surface area contributed by atoms with Gasteiger partial charge >= 0.3 is 0 Å². The standard InChI is InChI=1S/C14H19NO3/c1-10(17-2)14(16)15-8-4-5-11-9-12(18-3)6-7-13(11)15/h6-7,9-10H,4-5,8H2,1-3H3. The molecule has 0 aromatic heterocycles. The highest BCUT2D eigenvalue weighted by Crippen LogP contribution is 2.30. The van der Waals surface area contributed by atoms with E-state index in [2.05, 4.69) is 0 Å². The quantitative estimate of drug-likeness (QED) is 0.822. The first-order chi connectivity index (χ1) is 8.67. The SMILES string of the molecule is COc1ccc2c(c1)CCCN2C(=O)C(C)OC. The molecule has 1 aliphatic rings. The van der Waals surface area contributed by atoms with Crippen LogP contribution in [0.3, 0.4) is 0 Å². The Labute approximate surface area is 107 Å². The van der Waals surface area contributed by atoms with Gasteiger partial charge in [0.1, 0.15) is 11.9 Å². The lowest BCUT2D eigenvalue weighted by molar-refractivity contribution is -0.127. The monoisotopic (exact) mass is 249 g/mol. The Hall–Kier alpha value is -1.55. The van der Waals surface area contributed by atoms with E-state index < -0.39 is 6.10 Å². The number of hydrogen-bond donors (Lipinski definition) is 0. The largest absolute Gasteiger partial charge is 0.497 e. The normalized spacial score (nSPS) is 16.1. The van der Waals surface area contributed by atoms with Crippen LogP contribution in [-0.2, 0) is 16.0 Å². The molecule has 0 fully saturated rings. The number of benzene rings is 1. The van der Waals surface area contributed by atoms with Gasteiger partial charge in [0, 0.05) is 19.3 Å². The number of aryl methyl sites for hydroxylation is 1. The molecule has 0 spiro atoms. The van der Waals surface area contributed by atoms with Crippen LogP contribution in [0.25, 0.3) is 0 Å². The molecule has 0 bridgehead atoms. The number of anilines is 1. The summed E-state index contributed by atoms with van der Waals surface area (Å²) < 4.78 is 10.3. The van der Waals surface area contributed by atoms with Crippen LogP contribution < -0.4 is 9.64 Å². The van der Waals surface area contributed by atoms with Gasteiger partial charge in [-0.2, -0.15) is 0 Å². The van der Waals surface area contributed by atoms with Crippen molar-refractivity contribution >= 4 is 11.6 Å². The Morgan fingerprint density at radius 2 is 2.17 bits per heavy atom. The van der Waals surface area contributed by atoms with Crippen molar-refractivity contribution in [2.75, 3.05) is 25.7 Å². The molecule has 0 N–H and O–H groups in total. The molecule has 4 heteroatoms. The van der Waals surface area contributed by atoms with Crippen molar-refractivity contribution < 1.29 is 14.3 Å². The molecule has 1 amide bonds. The second kappa shape index (κ2) is 5.40. The third-order valence-electron chi connectivity index (χ3n) is 3.37. The molecule has 0 saturated carbocycles. The van der Waals surface area contributed by atoms with Gasteiger partial charge in [-0.1, -0.05) is 0 Å². The van der Waals surface area contributed by atoms with Crippen LogP contribution in [0.1, 0.15) is 18.9 Å². The van der Waals surface area contributed by atoms with Crippen molar-refractivity contribution in [1.29, 1.82) is 0 Å². The number of carbonyl (C=O) groups is 1. The molecule has 4 nitrogen and oxygen atoms in total. The van der Waals surface area contributed by atoms with Crippen molar-refractivity contribution in [3.05, 3.63) is 23.8 Å². The van der Waals surface area contributed by atoms with Gasteiger partial charge < -0.3 is 14.4 Å². The fourth-order valence-corrected chi connectivity index (χ4v) is 2.25. The predicted molar refractivity (Wildman–Crippen MR) is 70.1 cm³/mol. The van der Waals surface area contributed by atoms with E-state index in [4.69, 9.17) is 9.47 Å². The molecule has 0 aliphatic carbocycles. The van der Waals surface area contributed by atoms with Crippen LogP contribution >= 0.6 is 0 Å². The molecule has 1 heterocycles. The van der Waals surface area contributed by atoms with E-state index >= 15 is 0 Å². The van der Waals surface area contributed by atoms with E-state index in [1.165, 1.54) is 0 Å². The third-order valence-corrected chi connectivity index (χ3v) is 3.37. The first kappa shape index (κ1) is 12.9. The van der Waals surface area contributed by atoms with Gasteiger partial charge in [-0.05, 0) is 43.5 Å². The second-order valence-corrected chi connectivity index (χ2v) is 4.47. The van der Waals surface area contributed by atoms with Gasteiger partial charge in [-0.25, -0.2) is 0 Å². The summed E-state index contributed by atoms with van der Waals surface area (Å²) in [5, 5.41) is 0. The summed E-state index contributed by atoms with van der Waals surface area (Å²) in [5.74, 6) is 0.853. The average Bonchev–Trinajstić information content (AvgIpc) is 2.44. The van der Waals surface area contributed by atoms with Gasteiger partial charge in [0.2, 0.25) is 0 Å². The molecule has 18 heavy (non-hydrogen) atoms. The zero-order valence-corrected chi connectivity index (χ0v) is 11.1. The Balaban J connectivity index is 2.30. The molecule has 1 aromatic carbocycles. The number of hydrogen-bond acceptors (Lipinski definition) is 3. The van der Waals surface area contributed by atoms with Crippen LogP contribution in [0.5, 0.6) is 5.75 Å². The number of amides is 1. The van der Waals surface area contributed by atoms with E-state index in [-0.39, 0.29) is 5.91 Å². The number of carbonyl (C=O) groups excluding carboxylic acids is 1. The van der Waals surface area contributed by atoms with Gasteiger partial charge in [-0.15, -0.1) is 0 Å². The molecular formula is C14H19NO3. The highest BCUT2D eigenvalue weighted by atomic mass is 16.5. The van der Waals surface area contributed by atoms with E-state index in [1.54, 1.807) is 21.1 Å². The Bertz CT molecular complexity index is 445. The highest BCUT2D eigenvalue weighted by Gasteiger charge is 2.26. The molecule has 0 radical (unpaired) electrons. The summed E-state index contributed by atoms with van der Waals surface area (Å²) in [6, 6.07) is 5.85. The number of fused-ring (bicyclic) bond motifs is 1. The molecule has 98 valence electrons. The summed E-state index contributed by atoms with van der Waals surface area (Å²) in [4.78, 5) is 14.0. The lowest BCUT2D eigenvalue weighted by Crippen LogP contribution is -2.41. The highest BCUT2D eigenvalue weighted by molar-refractivity contribution is 5.97. The first-order valence-electron chi connectivity index (χ1n) is 6.18. The van der Waals surface area contributed by atoms with Crippen LogP contribution in [0.15, 0.2) is 18.2 Å². The molecule has 2 rings (SSSR count). The minimum absolute atomic E-state index is 0.0172. The molecule has 1 aromatic rings. The maximum absolute atomic E-state index is 12.2. The molecule has 0 saturated heterocycles. The van der Waals surface area contributed by atoms with Crippen molar-refractivity contribution in [3.63, 3.8) is 0 Å². The lowest BCUT2D eigenvalue weighted by atomic mass is 10.0. The zero-order valence-electron chi connectivity index (χ0n) is 11.1. The van der Waals surface area contributed by atoms with E-state index in [1.807, 2.05) is 23.1 Å². The van der Waals surface area contributed by atoms with E-state index in [0.29, 0.717) is 0 Å². The van der Waals surface area contributed by atoms with Crippen LogP contribution in [0.4, 0.5) is 5.69 Å². The third kappa shape index (κ3) is 2.34. The van der Waals surface area contributed by atoms with E-state index in [0.717, 1.165) is 36.4 Å². The fraction of sp³-hybridized carbons (Fsp3) is 0.500. The Kier molecular flexibility index (Phi) is 3.87. The maximum Gasteiger partial charge on any atom is 0.255 e. The molecular weight excluding hydrogens is 230 g/mol. The minimum Gasteiger partial charge on any atom is -0.497 e. The number of nitrogens with zero attached hydrogens (tertiary/aromatic N) is 1. The van der Waals surface area contributed by atoms with E-state index in [9.17, 15) is 4.79 Å². The minimum atomic E-state index is -0.405. The average molecular weight is 249 g/mol. The number of rotatable bonds is 3. The zero-order chi connectivity index (χ0) is 13.1. The topological polar surface area (TPSA) is 38.8 Å². The van der Waals surface area contributed by atoms with Crippen molar-refractivity contribution in [1.82, 2.24) is 0 Å². The summed E-state index contributed by atoms with van der Waals surface area (Å²) >= 11 is 0. The van der Waals surface area contributed by atoms with Gasteiger partial charge in [0.05, 0.1) is 7.11 Å². The van der Waals surface area contributed by atoms with Crippen molar-refractivity contribution in [3.8, 4) is 5.75 Å². The van der Waals surface area contributed by atoms with Crippen LogP contribution in [0.2, 0.25) is 0 Å². The van der Waals surface area contributed by atoms with Crippen LogP contribution in [-0.4, -0.2) is 32.8 Å². The lowest BCUT2D eigenvalue weighted by Gasteiger charge is -2.31. The number of methoxy groups -OCH3 is 2. The predicted octanol–water partition coefficient (Wildman–Crippen LogP) is 2.01. The smallest absolute Gasteiger partial charge is 0.255 e. The summed E-state index contributed by atoms with van der Waals surface area (Å²) in [7, 11) is 3.21.